The minimum absolute atomic E-state index is 0.0919. The van der Waals surface area contributed by atoms with E-state index in [0.29, 0.717) is 18.4 Å². The molecule has 0 radical (unpaired) electrons. The molecule has 3 rings (SSSR count). The molecular weight excluding hydrogens is 266 g/mol. The van der Waals surface area contributed by atoms with Crippen molar-refractivity contribution in [2.75, 3.05) is 11.9 Å². The first-order valence-electron chi connectivity index (χ1n) is 7.27. The van der Waals surface area contributed by atoms with Crippen LogP contribution < -0.4 is 10.1 Å². The van der Waals surface area contributed by atoms with E-state index in [1.807, 2.05) is 26.0 Å². The molecular formula is C15H19N5O. The Morgan fingerprint density at radius 1 is 1.33 bits per heavy atom. The van der Waals surface area contributed by atoms with Crippen LogP contribution in [-0.4, -0.2) is 26.5 Å². The standard InChI is InChI=1S/C15H19N5O/c1-3-21-13-8-12(17-9-18-13)20-14(11-4-5-11)15-16-7-6-10(2)19-15/h6-9,11,14H,3-5H2,1-2H3,(H,17,18,20). The highest BCUT2D eigenvalue weighted by atomic mass is 16.5. The van der Waals surface area contributed by atoms with Gasteiger partial charge in [0.15, 0.2) is 5.82 Å². The summed E-state index contributed by atoms with van der Waals surface area (Å²) in [6, 6.07) is 3.81. The summed E-state index contributed by atoms with van der Waals surface area (Å²) in [5.74, 6) is 2.72. The van der Waals surface area contributed by atoms with Gasteiger partial charge in [-0.2, -0.15) is 0 Å². The summed E-state index contributed by atoms with van der Waals surface area (Å²) in [6.45, 7) is 4.50. The van der Waals surface area contributed by atoms with Gasteiger partial charge < -0.3 is 10.1 Å². The predicted octanol–water partition coefficient (Wildman–Crippen LogP) is 2.54. The molecule has 0 amide bonds. The second kappa shape index (κ2) is 6.03. The van der Waals surface area contributed by atoms with Crippen molar-refractivity contribution in [2.45, 2.75) is 32.7 Å². The lowest BCUT2D eigenvalue weighted by molar-refractivity contribution is 0.326. The van der Waals surface area contributed by atoms with Crippen LogP contribution in [0.1, 0.15) is 37.3 Å². The minimum Gasteiger partial charge on any atom is -0.478 e. The summed E-state index contributed by atoms with van der Waals surface area (Å²) >= 11 is 0. The molecule has 1 fully saturated rings. The van der Waals surface area contributed by atoms with Crippen LogP contribution in [0.5, 0.6) is 5.88 Å². The molecule has 21 heavy (non-hydrogen) atoms. The zero-order valence-corrected chi connectivity index (χ0v) is 12.3. The van der Waals surface area contributed by atoms with Gasteiger partial charge in [-0.05, 0) is 38.7 Å². The third-order valence-corrected chi connectivity index (χ3v) is 3.42. The number of rotatable bonds is 6. The van der Waals surface area contributed by atoms with Crippen molar-refractivity contribution in [3.05, 3.63) is 36.2 Å². The largest absolute Gasteiger partial charge is 0.478 e. The highest BCUT2D eigenvalue weighted by Gasteiger charge is 2.34. The van der Waals surface area contributed by atoms with Crippen molar-refractivity contribution in [1.29, 1.82) is 0 Å². The molecule has 1 aliphatic carbocycles. The van der Waals surface area contributed by atoms with E-state index in [9.17, 15) is 0 Å². The second-order valence-electron chi connectivity index (χ2n) is 5.19. The normalized spacial score (nSPS) is 15.5. The Bertz CT molecular complexity index is 615. The number of aromatic nitrogens is 4. The van der Waals surface area contributed by atoms with Gasteiger partial charge in [0.05, 0.1) is 12.6 Å². The van der Waals surface area contributed by atoms with Crippen LogP contribution in [0.15, 0.2) is 24.7 Å². The first kappa shape index (κ1) is 13.7. The lowest BCUT2D eigenvalue weighted by Crippen LogP contribution is -2.17. The maximum atomic E-state index is 5.41. The molecule has 2 aromatic heterocycles. The number of ether oxygens (including phenoxy) is 1. The maximum Gasteiger partial charge on any atom is 0.218 e. The van der Waals surface area contributed by atoms with Crippen LogP contribution in [0.4, 0.5) is 5.82 Å². The van der Waals surface area contributed by atoms with Crippen LogP contribution in [0.2, 0.25) is 0 Å². The fraction of sp³-hybridized carbons (Fsp3) is 0.467. The summed E-state index contributed by atoms with van der Waals surface area (Å²) in [6.07, 6.45) is 5.70. The summed E-state index contributed by atoms with van der Waals surface area (Å²) in [5, 5.41) is 3.43. The van der Waals surface area contributed by atoms with Crippen LogP contribution in [0, 0.1) is 12.8 Å². The van der Waals surface area contributed by atoms with Gasteiger partial charge in [0.25, 0.3) is 0 Å². The average Bonchev–Trinajstić information content (AvgIpc) is 3.30. The highest BCUT2D eigenvalue weighted by Crippen LogP contribution is 2.41. The van der Waals surface area contributed by atoms with Crippen LogP contribution in [-0.2, 0) is 0 Å². The lowest BCUT2D eigenvalue weighted by atomic mass is 10.1. The van der Waals surface area contributed by atoms with E-state index in [-0.39, 0.29) is 6.04 Å². The van der Waals surface area contributed by atoms with Crippen molar-refractivity contribution >= 4 is 5.82 Å². The molecule has 1 aliphatic rings. The van der Waals surface area contributed by atoms with Crippen molar-refractivity contribution < 1.29 is 4.74 Å². The number of hydrogen-bond acceptors (Lipinski definition) is 6. The van der Waals surface area contributed by atoms with E-state index in [0.717, 1.165) is 17.3 Å². The molecule has 0 saturated heterocycles. The van der Waals surface area contributed by atoms with Crippen molar-refractivity contribution in [1.82, 2.24) is 19.9 Å². The number of aryl methyl sites for hydroxylation is 1. The third-order valence-electron chi connectivity index (χ3n) is 3.42. The topological polar surface area (TPSA) is 72.8 Å². The van der Waals surface area contributed by atoms with E-state index >= 15 is 0 Å². The molecule has 2 aromatic rings. The fourth-order valence-electron chi connectivity index (χ4n) is 2.25. The molecule has 1 saturated carbocycles. The van der Waals surface area contributed by atoms with Crippen molar-refractivity contribution in [2.24, 2.45) is 5.92 Å². The smallest absolute Gasteiger partial charge is 0.218 e. The molecule has 1 unspecified atom stereocenters. The molecule has 1 N–H and O–H groups in total. The van der Waals surface area contributed by atoms with Gasteiger partial charge in [0, 0.05) is 18.0 Å². The summed E-state index contributed by atoms with van der Waals surface area (Å²) in [4.78, 5) is 17.3. The van der Waals surface area contributed by atoms with Gasteiger partial charge >= 0.3 is 0 Å². The Morgan fingerprint density at radius 3 is 2.90 bits per heavy atom. The number of nitrogens with one attached hydrogen (secondary N) is 1. The molecule has 2 heterocycles. The Hall–Kier alpha value is -2.24. The van der Waals surface area contributed by atoms with Crippen LogP contribution >= 0.6 is 0 Å². The monoisotopic (exact) mass is 285 g/mol. The van der Waals surface area contributed by atoms with E-state index in [1.165, 1.54) is 19.2 Å². The Balaban J connectivity index is 1.81. The van der Waals surface area contributed by atoms with Crippen molar-refractivity contribution in [3.8, 4) is 5.88 Å². The van der Waals surface area contributed by atoms with Gasteiger partial charge in [-0.3, -0.25) is 0 Å². The van der Waals surface area contributed by atoms with Crippen LogP contribution in [0.3, 0.4) is 0 Å². The summed E-state index contributed by atoms with van der Waals surface area (Å²) in [5.41, 5.74) is 0.977. The SMILES string of the molecule is CCOc1cc(NC(c2nccc(C)n2)C2CC2)ncn1. The molecule has 1 atom stereocenters. The third kappa shape index (κ3) is 3.45. The average molecular weight is 285 g/mol. The molecule has 6 nitrogen and oxygen atoms in total. The zero-order chi connectivity index (χ0) is 14.7. The van der Waals surface area contributed by atoms with E-state index < -0.39 is 0 Å². The highest BCUT2D eigenvalue weighted by molar-refractivity contribution is 5.39. The van der Waals surface area contributed by atoms with E-state index in [1.54, 1.807) is 6.20 Å². The fourth-order valence-corrected chi connectivity index (χ4v) is 2.25. The number of nitrogens with zero attached hydrogens (tertiary/aromatic N) is 4. The Morgan fingerprint density at radius 2 is 2.19 bits per heavy atom. The van der Waals surface area contributed by atoms with Crippen molar-refractivity contribution in [3.63, 3.8) is 0 Å². The molecule has 6 heteroatoms. The summed E-state index contributed by atoms with van der Waals surface area (Å²) < 4.78 is 5.41. The number of hydrogen-bond donors (Lipinski definition) is 1. The molecule has 0 spiro atoms. The quantitative estimate of drug-likeness (QED) is 0.879. The molecule has 0 aliphatic heterocycles. The van der Waals surface area contributed by atoms with E-state index in [4.69, 9.17) is 4.74 Å². The Labute approximate surface area is 124 Å². The molecule has 110 valence electrons. The minimum atomic E-state index is 0.0919. The summed E-state index contributed by atoms with van der Waals surface area (Å²) in [7, 11) is 0. The maximum absolute atomic E-state index is 5.41. The van der Waals surface area contributed by atoms with Gasteiger partial charge in [-0.1, -0.05) is 0 Å². The molecule has 0 aromatic carbocycles. The first-order chi connectivity index (χ1) is 10.3. The van der Waals surface area contributed by atoms with Gasteiger partial charge in [-0.25, -0.2) is 19.9 Å². The van der Waals surface area contributed by atoms with Crippen LogP contribution in [0.25, 0.3) is 0 Å². The Kier molecular flexibility index (Phi) is 3.94. The number of anilines is 1. The second-order valence-corrected chi connectivity index (χ2v) is 5.19. The van der Waals surface area contributed by atoms with Gasteiger partial charge in [0.1, 0.15) is 12.1 Å². The lowest BCUT2D eigenvalue weighted by Gasteiger charge is -2.18. The predicted molar refractivity (Wildman–Crippen MR) is 79.1 cm³/mol. The zero-order valence-electron chi connectivity index (χ0n) is 12.3. The molecule has 0 bridgehead atoms. The van der Waals surface area contributed by atoms with Gasteiger partial charge in [0.2, 0.25) is 5.88 Å². The first-order valence-corrected chi connectivity index (χ1v) is 7.27. The van der Waals surface area contributed by atoms with Gasteiger partial charge in [-0.15, -0.1) is 0 Å². The van der Waals surface area contributed by atoms with E-state index in [2.05, 4.69) is 25.3 Å².